The van der Waals surface area contributed by atoms with Gasteiger partial charge in [0.15, 0.2) is 5.82 Å². The molecule has 2 N–H and O–H groups in total. The monoisotopic (exact) mass is 234 g/mol. The number of rotatable bonds is 4. The fourth-order valence-corrected chi connectivity index (χ4v) is 1.56. The van der Waals surface area contributed by atoms with Crippen LogP contribution in [-0.4, -0.2) is 32.9 Å². The highest BCUT2D eigenvalue weighted by Gasteiger charge is 2.17. The van der Waals surface area contributed by atoms with Crippen molar-refractivity contribution in [2.24, 2.45) is 5.41 Å². The standard InChI is InChI=1S/C12H18N4O/c1-9-6-10-11(13-4-5-16(10)15-9)14-7-12(2,3)8-17/h4-6,17H,7-8H2,1-3H3,(H,13,14). The summed E-state index contributed by atoms with van der Waals surface area (Å²) in [5.41, 5.74) is 1.75. The highest BCUT2D eigenvalue weighted by atomic mass is 16.3. The lowest BCUT2D eigenvalue weighted by atomic mass is 9.95. The van der Waals surface area contributed by atoms with E-state index in [1.165, 1.54) is 0 Å². The molecule has 2 aromatic heterocycles. The summed E-state index contributed by atoms with van der Waals surface area (Å²) >= 11 is 0. The maximum Gasteiger partial charge on any atom is 0.152 e. The fraction of sp³-hybridized carbons (Fsp3) is 0.500. The molecule has 0 fully saturated rings. The summed E-state index contributed by atoms with van der Waals surface area (Å²) in [6.45, 7) is 6.76. The number of aliphatic hydroxyl groups excluding tert-OH is 1. The molecule has 2 heterocycles. The second-order valence-corrected chi connectivity index (χ2v) is 5.07. The summed E-state index contributed by atoms with van der Waals surface area (Å²) in [6, 6.07) is 1.99. The third-order valence-corrected chi connectivity index (χ3v) is 2.67. The van der Waals surface area contributed by atoms with Gasteiger partial charge in [-0.15, -0.1) is 0 Å². The summed E-state index contributed by atoms with van der Waals surface area (Å²) in [4.78, 5) is 4.30. The van der Waals surface area contributed by atoms with Crippen molar-refractivity contribution in [2.75, 3.05) is 18.5 Å². The van der Waals surface area contributed by atoms with Crippen LogP contribution in [0.5, 0.6) is 0 Å². The van der Waals surface area contributed by atoms with E-state index in [0.29, 0.717) is 6.54 Å². The zero-order valence-electron chi connectivity index (χ0n) is 10.4. The van der Waals surface area contributed by atoms with Gasteiger partial charge in [-0.1, -0.05) is 13.8 Å². The van der Waals surface area contributed by atoms with Crippen molar-refractivity contribution in [3.8, 4) is 0 Å². The van der Waals surface area contributed by atoms with Gasteiger partial charge in [0.25, 0.3) is 0 Å². The minimum absolute atomic E-state index is 0.140. The second-order valence-electron chi connectivity index (χ2n) is 5.07. The predicted octanol–water partition coefficient (Wildman–Crippen LogP) is 1.47. The second kappa shape index (κ2) is 4.33. The molecule has 5 nitrogen and oxygen atoms in total. The van der Waals surface area contributed by atoms with Gasteiger partial charge in [0, 0.05) is 31.0 Å². The van der Waals surface area contributed by atoms with Gasteiger partial charge >= 0.3 is 0 Å². The Labute approximate surface area is 100 Å². The Morgan fingerprint density at radius 1 is 1.47 bits per heavy atom. The Balaban J connectivity index is 2.24. The van der Waals surface area contributed by atoms with Gasteiger partial charge in [-0.2, -0.15) is 5.10 Å². The molecule has 0 radical (unpaired) electrons. The van der Waals surface area contributed by atoms with E-state index in [4.69, 9.17) is 0 Å². The SMILES string of the molecule is Cc1cc2c(NCC(C)(C)CO)nccn2n1. The Hall–Kier alpha value is -1.62. The average molecular weight is 234 g/mol. The molecule has 0 spiro atoms. The topological polar surface area (TPSA) is 62.5 Å². The van der Waals surface area contributed by atoms with Crippen molar-refractivity contribution < 1.29 is 5.11 Å². The fourth-order valence-electron chi connectivity index (χ4n) is 1.56. The lowest BCUT2D eigenvalue weighted by Gasteiger charge is -2.22. The summed E-state index contributed by atoms with van der Waals surface area (Å²) in [5.74, 6) is 0.801. The summed E-state index contributed by atoms with van der Waals surface area (Å²) in [5, 5.41) is 16.8. The molecular weight excluding hydrogens is 216 g/mol. The molecule has 0 aliphatic heterocycles. The number of anilines is 1. The van der Waals surface area contributed by atoms with Crippen molar-refractivity contribution in [1.82, 2.24) is 14.6 Å². The zero-order valence-corrected chi connectivity index (χ0v) is 10.4. The van der Waals surface area contributed by atoms with Gasteiger partial charge < -0.3 is 10.4 Å². The Bertz CT molecular complexity index is 518. The quantitative estimate of drug-likeness (QED) is 0.841. The number of fused-ring (bicyclic) bond motifs is 1. The molecule has 0 atom stereocenters. The van der Waals surface area contributed by atoms with Crippen LogP contribution >= 0.6 is 0 Å². The van der Waals surface area contributed by atoms with Crippen LogP contribution in [0, 0.1) is 12.3 Å². The Morgan fingerprint density at radius 2 is 2.24 bits per heavy atom. The van der Waals surface area contributed by atoms with Crippen molar-refractivity contribution in [1.29, 1.82) is 0 Å². The molecule has 0 bridgehead atoms. The molecule has 0 saturated carbocycles. The van der Waals surface area contributed by atoms with Gasteiger partial charge in [-0.25, -0.2) is 9.50 Å². The summed E-state index contributed by atoms with van der Waals surface area (Å²) in [7, 11) is 0. The van der Waals surface area contributed by atoms with Crippen LogP contribution in [0.25, 0.3) is 5.52 Å². The van der Waals surface area contributed by atoms with E-state index in [0.717, 1.165) is 17.0 Å². The van der Waals surface area contributed by atoms with Gasteiger partial charge in [0.05, 0.1) is 5.69 Å². The molecule has 17 heavy (non-hydrogen) atoms. The first-order chi connectivity index (χ1) is 8.02. The van der Waals surface area contributed by atoms with Crippen molar-refractivity contribution in [2.45, 2.75) is 20.8 Å². The zero-order chi connectivity index (χ0) is 12.5. The van der Waals surface area contributed by atoms with E-state index in [9.17, 15) is 5.11 Å². The molecule has 0 saturated heterocycles. The lowest BCUT2D eigenvalue weighted by molar-refractivity contribution is 0.171. The lowest BCUT2D eigenvalue weighted by Crippen LogP contribution is -2.27. The largest absolute Gasteiger partial charge is 0.396 e. The molecule has 5 heteroatoms. The maximum atomic E-state index is 9.21. The van der Waals surface area contributed by atoms with E-state index < -0.39 is 0 Å². The molecule has 92 valence electrons. The number of nitrogens with one attached hydrogen (secondary N) is 1. The first-order valence-corrected chi connectivity index (χ1v) is 5.67. The van der Waals surface area contributed by atoms with Crippen LogP contribution in [0.3, 0.4) is 0 Å². The first-order valence-electron chi connectivity index (χ1n) is 5.67. The van der Waals surface area contributed by atoms with Gasteiger partial charge in [-0.05, 0) is 13.0 Å². The third kappa shape index (κ3) is 2.55. The highest BCUT2D eigenvalue weighted by molar-refractivity contribution is 5.67. The smallest absolute Gasteiger partial charge is 0.152 e. The number of aryl methyl sites for hydroxylation is 1. The van der Waals surface area contributed by atoms with Crippen LogP contribution in [0.2, 0.25) is 0 Å². The summed E-state index contributed by atoms with van der Waals surface area (Å²) in [6.07, 6.45) is 3.54. The average Bonchev–Trinajstić information content (AvgIpc) is 2.67. The minimum atomic E-state index is -0.163. The van der Waals surface area contributed by atoms with E-state index in [2.05, 4.69) is 15.4 Å². The number of aliphatic hydroxyl groups is 1. The molecule has 0 aromatic carbocycles. The molecule has 0 aliphatic carbocycles. The van der Waals surface area contributed by atoms with Crippen LogP contribution in [0.15, 0.2) is 18.5 Å². The van der Waals surface area contributed by atoms with Gasteiger partial charge in [0.1, 0.15) is 5.52 Å². The van der Waals surface area contributed by atoms with Crippen LogP contribution < -0.4 is 5.32 Å². The number of hydrogen-bond acceptors (Lipinski definition) is 4. The Kier molecular flexibility index (Phi) is 3.02. The van der Waals surface area contributed by atoms with Gasteiger partial charge in [0.2, 0.25) is 0 Å². The van der Waals surface area contributed by atoms with Crippen LogP contribution in [-0.2, 0) is 0 Å². The highest BCUT2D eigenvalue weighted by Crippen LogP contribution is 2.18. The van der Waals surface area contributed by atoms with Crippen molar-refractivity contribution in [3.05, 3.63) is 24.2 Å². The normalized spacial score (nSPS) is 12.0. The minimum Gasteiger partial charge on any atom is -0.396 e. The first kappa shape index (κ1) is 11.9. The summed E-state index contributed by atoms with van der Waals surface area (Å²) < 4.78 is 1.80. The van der Waals surface area contributed by atoms with Crippen LogP contribution in [0.4, 0.5) is 5.82 Å². The maximum absolute atomic E-state index is 9.21. The van der Waals surface area contributed by atoms with Crippen molar-refractivity contribution in [3.63, 3.8) is 0 Å². The van der Waals surface area contributed by atoms with E-state index >= 15 is 0 Å². The molecular formula is C12H18N4O. The Morgan fingerprint density at radius 3 is 2.94 bits per heavy atom. The van der Waals surface area contributed by atoms with E-state index in [1.54, 1.807) is 10.7 Å². The van der Waals surface area contributed by atoms with E-state index in [-0.39, 0.29) is 12.0 Å². The van der Waals surface area contributed by atoms with Gasteiger partial charge in [-0.3, -0.25) is 0 Å². The number of aromatic nitrogens is 3. The molecule has 2 rings (SSSR count). The molecule has 2 aromatic rings. The number of hydrogen-bond donors (Lipinski definition) is 2. The van der Waals surface area contributed by atoms with Crippen molar-refractivity contribution >= 4 is 11.3 Å². The molecule has 0 unspecified atom stereocenters. The molecule has 0 aliphatic rings. The third-order valence-electron chi connectivity index (χ3n) is 2.67. The molecule has 0 amide bonds. The van der Waals surface area contributed by atoms with Crippen LogP contribution in [0.1, 0.15) is 19.5 Å². The van der Waals surface area contributed by atoms with E-state index in [1.807, 2.05) is 33.0 Å². The predicted molar refractivity (Wildman–Crippen MR) is 67.1 cm³/mol. The number of nitrogens with zero attached hydrogens (tertiary/aromatic N) is 3.